The van der Waals surface area contributed by atoms with Gasteiger partial charge in [0, 0.05) is 40.6 Å². The Bertz CT molecular complexity index is 2090. The summed E-state index contributed by atoms with van der Waals surface area (Å²) in [7, 11) is 0. The summed E-state index contributed by atoms with van der Waals surface area (Å²) in [6, 6.07) is 41.4. The molecule has 5 aromatic carbocycles. The van der Waals surface area contributed by atoms with Gasteiger partial charge in [-0.3, -0.25) is 4.57 Å². The second-order valence-corrected chi connectivity index (χ2v) is 10.4. The molecule has 2 aromatic heterocycles. The Morgan fingerprint density at radius 1 is 0.575 bits per heavy atom. The van der Waals surface area contributed by atoms with Gasteiger partial charge in [0.05, 0.1) is 16.7 Å². The monoisotopic (exact) mass is 511 g/mol. The van der Waals surface area contributed by atoms with E-state index in [2.05, 4.69) is 123 Å². The number of para-hydroxylation sites is 4. The summed E-state index contributed by atoms with van der Waals surface area (Å²) in [5, 5.41) is 4.53. The van der Waals surface area contributed by atoms with Gasteiger partial charge in [-0.1, -0.05) is 60.7 Å². The summed E-state index contributed by atoms with van der Waals surface area (Å²) < 4.78 is 4.13. The second kappa shape index (κ2) is 8.07. The Morgan fingerprint density at radius 2 is 1.23 bits per heavy atom. The van der Waals surface area contributed by atoms with Crippen LogP contribution in [0.3, 0.4) is 0 Å². The molecule has 186 valence electrons. The molecule has 0 atom stereocenters. The van der Waals surface area contributed by atoms with E-state index < -0.39 is 0 Å². The van der Waals surface area contributed by atoms with E-state index in [1.165, 1.54) is 44.6 Å². The van der Waals surface area contributed by atoms with Gasteiger partial charge in [-0.2, -0.15) is 5.10 Å². The van der Waals surface area contributed by atoms with Crippen molar-refractivity contribution in [3.8, 4) is 33.6 Å². The van der Waals surface area contributed by atoms with Crippen molar-refractivity contribution in [3.05, 3.63) is 134 Å². The van der Waals surface area contributed by atoms with Gasteiger partial charge in [0.2, 0.25) is 0 Å². The van der Waals surface area contributed by atoms with Crippen LogP contribution in [0.4, 0.5) is 11.4 Å². The molecule has 9 rings (SSSR count). The molecule has 4 heterocycles. The fraction of sp³-hybridized carbons (Fsp3) is 0. The average molecular weight is 511 g/mol. The van der Waals surface area contributed by atoms with Gasteiger partial charge in [-0.15, -0.1) is 0 Å². The highest BCUT2D eigenvalue weighted by molar-refractivity contribution is 6.92. The number of rotatable bonds is 2. The van der Waals surface area contributed by atoms with Crippen molar-refractivity contribution < 1.29 is 0 Å². The number of aromatic nitrogens is 4. The number of benzene rings is 5. The fourth-order valence-electron chi connectivity index (χ4n) is 6.60. The molecule has 0 amide bonds. The molecule has 0 bridgehead atoms. The van der Waals surface area contributed by atoms with E-state index in [-0.39, 0.29) is 6.85 Å². The molecule has 0 fully saturated rings. The topological polar surface area (TPSA) is 38.9 Å². The number of hydrogen-bond acceptors (Lipinski definition) is 3. The van der Waals surface area contributed by atoms with Crippen molar-refractivity contribution in [1.29, 1.82) is 0 Å². The van der Waals surface area contributed by atoms with Crippen molar-refractivity contribution in [2.24, 2.45) is 0 Å². The van der Waals surface area contributed by atoms with Gasteiger partial charge in [0.25, 0.3) is 0 Å². The largest absolute Gasteiger partial charge is 0.376 e. The minimum Gasteiger partial charge on any atom is -0.376 e. The minimum absolute atomic E-state index is 0.0000443. The number of anilines is 2. The second-order valence-electron chi connectivity index (χ2n) is 10.4. The van der Waals surface area contributed by atoms with Crippen LogP contribution in [0.25, 0.3) is 44.7 Å². The quantitative estimate of drug-likeness (QED) is 0.263. The van der Waals surface area contributed by atoms with Crippen molar-refractivity contribution >= 4 is 40.2 Å². The molecule has 7 aromatic rings. The van der Waals surface area contributed by atoms with Crippen molar-refractivity contribution in [3.63, 3.8) is 0 Å². The van der Waals surface area contributed by atoms with Crippen molar-refractivity contribution in [1.82, 2.24) is 19.3 Å². The van der Waals surface area contributed by atoms with Gasteiger partial charge in [-0.05, 0) is 76.6 Å². The lowest BCUT2D eigenvalue weighted by atomic mass is 9.43. The van der Waals surface area contributed by atoms with Crippen LogP contribution < -0.4 is 15.7 Å². The standard InChI is InChI=1S/C34H22BN5/c1-4-11-32-27(8-1)25-16-14-23(38-22-36-31-10-3-6-13-34(31)38)20-29(25)35-30-21-24(39-19-7-18-37-39)15-17-26(30)28-9-2-5-12-33(28)40(32)35/h1-22H. The first-order valence-corrected chi connectivity index (χ1v) is 13.5. The van der Waals surface area contributed by atoms with E-state index in [1.807, 2.05) is 35.5 Å². The van der Waals surface area contributed by atoms with Gasteiger partial charge >= 0.3 is 6.85 Å². The van der Waals surface area contributed by atoms with E-state index in [0.29, 0.717) is 0 Å². The molecular weight excluding hydrogens is 489 g/mol. The molecule has 0 saturated heterocycles. The van der Waals surface area contributed by atoms with Crippen LogP contribution in [0.15, 0.2) is 134 Å². The highest BCUT2D eigenvalue weighted by Gasteiger charge is 2.42. The molecule has 5 nitrogen and oxygen atoms in total. The molecule has 2 aliphatic heterocycles. The average Bonchev–Trinajstić information content (AvgIpc) is 3.71. The number of imidazole rings is 1. The summed E-state index contributed by atoms with van der Waals surface area (Å²) in [5.74, 6) is 0. The summed E-state index contributed by atoms with van der Waals surface area (Å²) in [6.45, 7) is 0.0000443. The fourth-order valence-corrected chi connectivity index (χ4v) is 6.60. The van der Waals surface area contributed by atoms with Crippen LogP contribution in [0, 0.1) is 0 Å². The molecule has 0 spiro atoms. The summed E-state index contributed by atoms with van der Waals surface area (Å²) in [6.07, 6.45) is 5.76. The van der Waals surface area contributed by atoms with Crippen LogP contribution in [-0.2, 0) is 0 Å². The summed E-state index contributed by atoms with van der Waals surface area (Å²) >= 11 is 0. The van der Waals surface area contributed by atoms with Gasteiger partial charge in [0.15, 0.2) is 0 Å². The maximum absolute atomic E-state index is 4.67. The maximum Gasteiger partial charge on any atom is 0.329 e. The van der Waals surface area contributed by atoms with Gasteiger partial charge in [-0.25, -0.2) is 9.67 Å². The van der Waals surface area contributed by atoms with Crippen LogP contribution in [0.2, 0.25) is 0 Å². The summed E-state index contributed by atoms with van der Waals surface area (Å²) in [4.78, 5) is 7.20. The Morgan fingerprint density at radius 3 is 1.95 bits per heavy atom. The highest BCUT2D eigenvalue weighted by atomic mass is 15.3. The zero-order valence-electron chi connectivity index (χ0n) is 21.5. The minimum atomic E-state index is 0.0000443. The lowest BCUT2D eigenvalue weighted by molar-refractivity contribution is 0.881. The van der Waals surface area contributed by atoms with Crippen molar-refractivity contribution in [2.75, 3.05) is 4.81 Å². The third-order valence-electron chi connectivity index (χ3n) is 8.33. The van der Waals surface area contributed by atoms with E-state index in [1.54, 1.807) is 0 Å². The van der Waals surface area contributed by atoms with Crippen molar-refractivity contribution in [2.45, 2.75) is 0 Å². The molecule has 6 heteroatoms. The Balaban J connectivity index is 1.35. The van der Waals surface area contributed by atoms with Crippen LogP contribution in [0.1, 0.15) is 0 Å². The zero-order valence-corrected chi connectivity index (χ0v) is 21.5. The first-order valence-electron chi connectivity index (χ1n) is 13.5. The molecule has 0 saturated carbocycles. The third kappa shape index (κ3) is 2.93. The molecule has 2 aliphatic rings. The molecular formula is C34H22BN5. The highest BCUT2D eigenvalue weighted by Crippen LogP contribution is 2.46. The predicted octanol–water partition coefficient (Wildman–Crippen LogP) is 6.12. The van der Waals surface area contributed by atoms with E-state index in [0.717, 1.165) is 22.4 Å². The van der Waals surface area contributed by atoms with E-state index >= 15 is 0 Å². The molecule has 0 N–H and O–H groups in total. The molecule has 0 radical (unpaired) electrons. The van der Waals surface area contributed by atoms with Gasteiger partial charge < -0.3 is 4.81 Å². The number of fused-ring (bicyclic) bond motifs is 12. The Kier molecular flexibility index (Phi) is 4.35. The maximum atomic E-state index is 4.67. The third-order valence-corrected chi connectivity index (χ3v) is 8.33. The lowest BCUT2D eigenvalue weighted by Crippen LogP contribution is -2.59. The van der Waals surface area contributed by atoms with Crippen LogP contribution >= 0.6 is 0 Å². The van der Waals surface area contributed by atoms with Crippen LogP contribution in [0.5, 0.6) is 0 Å². The number of nitrogens with zero attached hydrogens (tertiary/aromatic N) is 5. The summed E-state index contributed by atoms with van der Waals surface area (Å²) in [5.41, 5.74) is 14.3. The van der Waals surface area contributed by atoms with E-state index in [4.69, 9.17) is 0 Å². The number of hydrogen-bond donors (Lipinski definition) is 0. The molecule has 0 aliphatic carbocycles. The normalized spacial score (nSPS) is 12.9. The Labute approximate surface area is 231 Å². The van der Waals surface area contributed by atoms with Crippen LogP contribution in [-0.4, -0.2) is 26.2 Å². The lowest BCUT2D eigenvalue weighted by Gasteiger charge is -2.43. The smallest absolute Gasteiger partial charge is 0.329 e. The SMILES string of the molecule is c1ccc2c(c1)-c1ccc(-n3cccn3)cc1B1c3cc(-n4cnc5ccccc54)ccc3-c3ccccc3N12. The predicted molar refractivity (Wildman–Crippen MR) is 163 cm³/mol. The Hall–Kier alpha value is -5.36. The molecule has 0 unspecified atom stereocenters. The van der Waals surface area contributed by atoms with E-state index in [9.17, 15) is 0 Å². The first kappa shape index (κ1) is 21.6. The first-order chi connectivity index (χ1) is 19.8. The van der Waals surface area contributed by atoms with Gasteiger partial charge in [0.1, 0.15) is 6.33 Å². The zero-order chi connectivity index (χ0) is 26.2. The molecule has 40 heavy (non-hydrogen) atoms.